The van der Waals surface area contributed by atoms with Crippen LogP contribution in [0.3, 0.4) is 0 Å². The molecule has 0 aliphatic heterocycles. The Bertz CT molecular complexity index is 1430. The number of hydrogen-bond acceptors (Lipinski definition) is 6. The Hall–Kier alpha value is -3.45. The van der Waals surface area contributed by atoms with Gasteiger partial charge in [-0.1, -0.05) is 25.4 Å². The van der Waals surface area contributed by atoms with Gasteiger partial charge in [-0.3, -0.25) is 19.2 Å². The Balaban J connectivity index is 2.44. The first-order valence-corrected chi connectivity index (χ1v) is 13.4. The number of pyridine rings is 1. The zero-order valence-electron chi connectivity index (χ0n) is 23.8. The van der Waals surface area contributed by atoms with Crippen molar-refractivity contribution >= 4 is 40.6 Å². The number of esters is 2. The van der Waals surface area contributed by atoms with Crippen molar-refractivity contribution in [3.63, 3.8) is 0 Å². The first-order chi connectivity index (χ1) is 18.1. The van der Waals surface area contributed by atoms with Crippen molar-refractivity contribution in [3.8, 4) is 0 Å². The zero-order valence-corrected chi connectivity index (χ0v) is 24.6. The topological polar surface area (TPSA) is 91.2 Å². The Kier molecular flexibility index (Phi) is 8.75. The molecule has 208 valence electrons. The lowest BCUT2D eigenvalue weighted by Gasteiger charge is -2.26. The summed E-state index contributed by atoms with van der Waals surface area (Å²) in [6, 6.07) is 10.3. The summed E-state index contributed by atoms with van der Waals surface area (Å²) in [5, 5.41) is 0.482. The molecule has 0 saturated carbocycles. The third-order valence-corrected chi connectivity index (χ3v) is 6.92. The highest BCUT2D eigenvalue weighted by molar-refractivity contribution is 6.30. The SMILES string of the molecule is CCOC(=O)C(C)(C)Cc1c(C(=O)C(C)(C)OC(C)=O)c2cc(C(C)C)ccn2c1C(=O)c1ccc(Cl)cc1. The van der Waals surface area contributed by atoms with E-state index in [0.717, 1.165) is 5.56 Å². The highest BCUT2D eigenvalue weighted by Gasteiger charge is 2.41. The van der Waals surface area contributed by atoms with Gasteiger partial charge in [-0.05, 0) is 94.5 Å². The minimum atomic E-state index is -1.52. The molecular weight excluding hydrogens is 518 g/mol. The van der Waals surface area contributed by atoms with Crippen molar-refractivity contribution < 1.29 is 28.7 Å². The number of nitrogens with zero attached hydrogens (tertiary/aromatic N) is 1. The van der Waals surface area contributed by atoms with Crippen molar-refractivity contribution in [3.05, 3.63) is 75.6 Å². The normalized spacial score (nSPS) is 12.1. The van der Waals surface area contributed by atoms with E-state index < -0.39 is 28.7 Å². The molecule has 0 unspecified atom stereocenters. The fraction of sp³-hybridized carbons (Fsp3) is 0.419. The minimum Gasteiger partial charge on any atom is -0.466 e. The number of ether oxygens (including phenoxy) is 2. The summed E-state index contributed by atoms with van der Waals surface area (Å²) in [6.45, 7) is 13.7. The quantitative estimate of drug-likeness (QED) is 0.207. The maximum atomic E-state index is 14.2. The summed E-state index contributed by atoms with van der Waals surface area (Å²) in [4.78, 5) is 53.1. The number of rotatable bonds is 10. The molecule has 0 atom stereocenters. The number of hydrogen-bond donors (Lipinski definition) is 0. The molecule has 1 aromatic carbocycles. The van der Waals surface area contributed by atoms with Gasteiger partial charge in [-0.15, -0.1) is 0 Å². The van der Waals surface area contributed by atoms with Crippen molar-refractivity contribution in [1.29, 1.82) is 0 Å². The van der Waals surface area contributed by atoms with Crippen LogP contribution in [-0.4, -0.2) is 40.1 Å². The average molecular weight is 554 g/mol. The first kappa shape index (κ1) is 30.1. The van der Waals surface area contributed by atoms with Crippen molar-refractivity contribution in [1.82, 2.24) is 4.40 Å². The van der Waals surface area contributed by atoms with E-state index in [4.69, 9.17) is 21.1 Å². The van der Waals surface area contributed by atoms with Gasteiger partial charge in [-0.25, -0.2) is 0 Å². The van der Waals surface area contributed by atoms with Gasteiger partial charge in [0, 0.05) is 23.7 Å². The molecule has 7 nitrogen and oxygen atoms in total. The van der Waals surface area contributed by atoms with Crippen LogP contribution in [0.25, 0.3) is 5.52 Å². The van der Waals surface area contributed by atoms with E-state index in [1.165, 1.54) is 20.8 Å². The number of fused-ring (bicyclic) bond motifs is 1. The van der Waals surface area contributed by atoms with Gasteiger partial charge in [0.15, 0.2) is 5.60 Å². The molecule has 0 radical (unpaired) electrons. The van der Waals surface area contributed by atoms with E-state index in [-0.39, 0.29) is 36.0 Å². The molecule has 0 fully saturated rings. The highest BCUT2D eigenvalue weighted by atomic mass is 35.5. The van der Waals surface area contributed by atoms with Crippen LogP contribution in [0.15, 0.2) is 42.6 Å². The van der Waals surface area contributed by atoms with Gasteiger partial charge in [0.2, 0.25) is 11.6 Å². The summed E-state index contributed by atoms with van der Waals surface area (Å²) in [5.41, 5.74) is 0.113. The number of aromatic nitrogens is 1. The number of benzene rings is 1. The lowest BCUT2D eigenvalue weighted by molar-refractivity contribution is -0.153. The van der Waals surface area contributed by atoms with Gasteiger partial charge in [0.25, 0.3) is 0 Å². The van der Waals surface area contributed by atoms with Crippen LogP contribution in [0.2, 0.25) is 5.02 Å². The summed E-state index contributed by atoms with van der Waals surface area (Å²) in [6.07, 6.45) is 1.81. The van der Waals surface area contributed by atoms with Crippen LogP contribution < -0.4 is 0 Å². The number of carbonyl (C=O) groups is 4. The smallest absolute Gasteiger partial charge is 0.311 e. The lowest BCUT2D eigenvalue weighted by atomic mass is 9.81. The van der Waals surface area contributed by atoms with E-state index in [1.54, 1.807) is 55.6 Å². The predicted octanol–water partition coefficient (Wildman–Crippen LogP) is 6.60. The largest absolute Gasteiger partial charge is 0.466 e. The molecule has 39 heavy (non-hydrogen) atoms. The molecule has 0 aliphatic rings. The van der Waals surface area contributed by atoms with Crippen LogP contribution in [-0.2, 0) is 25.5 Å². The summed E-state index contributed by atoms with van der Waals surface area (Å²) >= 11 is 6.07. The molecule has 2 heterocycles. The molecule has 0 spiro atoms. The Morgan fingerprint density at radius 1 is 1.00 bits per heavy atom. The molecule has 3 rings (SSSR count). The van der Waals surface area contributed by atoms with Crippen LogP contribution in [0, 0.1) is 5.41 Å². The van der Waals surface area contributed by atoms with Crippen molar-refractivity contribution in [2.45, 2.75) is 73.3 Å². The summed E-state index contributed by atoms with van der Waals surface area (Å²) in [7, 11) is 0. The maximum absolute atomic E-state index is 14.2. The molecule has 2 aromatic heterocycles. The second-order valence-corrected chi connectivity index (χ2v) is 11.6. The molecule has 0 saturated heterocycles. The zero-order chi connectivity index (χ0) is 29.3. The Labute approximate surface area is 234 Å². The molecule has 0 N–H and O–H groups in total. The number of Topliss-reactive ketones (excluding diaryl/α,β-unsaturated/α-hetero) is 1. The lowest BCUT2D eigenvalue weighted by Crippen LogP contribution is -2.38. The third-order valence-electron chi connectivity index (χ3n) is 6.67. The van der Waals surface area contributed by atoms with Gasteiger partial charge < -0.3 is 13.9 Å². The van der Waals surface area contributed by atoms with E-state index in [1.807, 2.05) is 26.0 Å². The maximum Gasteiger partial charge on any atom is 0.311 e. The molecule has 0 bridgehead atoms. The average Bonchev–Trinajstić information content (AvgIpc) is 3.14. The summed E-state index contributed by atoms with van der Waals surface area (Å²) in [5.74, 6) is -1.72. The van der Waals surface area contributed by atoms with Crippen LogP contribution in [0.4, 0.5) is 0 Å². The standard InChI is InChI=1S/C31H36ClNO6/c1-9-38-29(37)30(5,6)17-23-25(28(36)31(7,8)39-19(4)34)24-16-21(18(2)3)14-15-33(24)26(23)27(35)20-10-12-22(32)13-11-20/h10-16,18H,9,17H2,1-8H3. The number of ketones is 2. The molecule has 3 aromatic rings. The monoisotopic (exact) mass is 553 g/mol. The van der Waals surface area contributed by atoms with E-state index in [2.05, 4.69) is 0 Å². The molecule has 0 amide bonds. The van der Waals surface area contributed by atoms with Crippen LogP contribution >= 0.6 is 11.6 Å². The third kappa shape index (κ3) is 6.25. The number of carbonyl (C=O) groups excluding carboxylic acids is 4. The van der Waals surface area contributed by atoms with Gasteiger partial charge in [-0.2, -0.15) is 0 Å². The Morgan fingerprint density at radius 3 is 2.15 bits per heavy atom. The van der Waals surface area contributed by atoms with Crippen LogP contribution in [0.1, 0.15) is 98.8 Å². The van der Waals surface area contributed by atoms with Gasteiger partial charge >= 0.3 is 11.9 Å². The van der Waals surface area contributed by atoms with Crippen molar-refractivity contribution in [2.75, 3.05) is 6.61 Å². The minimum absolute atomic E-state index is 0.0381. The highest BCUT2D eigenvalue weighted by Crippen LogP contribution is 2.36. The van der Waals surface area contributed by atoms with E-state index >= 15 is 0 Å². The fourth-order valence-electron chi connectivity index (χ4n) is 4.64. The van der Waals surface area contributed by atoms with Crippen LogP contribution in [0.5, 0.6) is 0 Å². The van der Waals surface area contributed by atoms with Crippen molar-refractivity contribution in [2.24, 2.45) is 5.41 Å². The van der Waals surface area contributed by atoms with E-state index in [0.29, 0.717) is 21.7 Å². The summed E-state index contributed by atoms with van der Waals surface area (Å²) < 4.78 is 12.4. The molecule has 0 aliphatic carbocycles. The molecular formula is C31H36ClNO6. The van der Waals surface area contributed by atoms with E-state index in [9.17, 15) is 19.2 Å². The molecule has 8 heteroatoms. The second-order valence-electron chi connectivity index (χ2n) is 11.1. The Morgan fingerprint density at radius 2 is 1.62 bits per heavy atom. The van der Waals surface area contributed by atoms with Gasteiger partial charge in [0.1, 0.15) is 0 Å². The second kappa shape index (κ2) is 11.3. The van der Waals surface area contributed by atoms with Gasteiger partial charge in [0.05, 0.1) is 28.8 Å². The fourth-order valence-corrected chi connectivity index (χ4v) is 4.76. The first-order valence-electron chi connectivity index (χ1n) is 13.0. The number of halogens is 1. The predicted molar refractivity (Wildman–Crippen MR) is 151 cm³/mol.